The number of ether oxygens (including phenoxy) is 1. The van der Waals surface area contributed by atoms with E-state index in [2.05, 4.69) is 6.07 Å². The van der Waals surface area contributed by atoms with Crippen LogP contribution in [0.3, 0.4) is 0 Å². The Balaban J connectivity index is 1.84. The number of anilines is 1. The van der Waals surface area contributed by atoms with E-state index in [0.717, 1.165) is 4.90 Å². The van der Waals surface area contributed by atoms with E-state index in [4.69, 9.17) is 4.74 Å². The molecule has 1 unspecified atom stereocenters. The van der Waals surface area contributed by atoms with Crippen LogP contribution in [0.5, 0.6) is 5.75 Å². The van der Waals surface area contributed by atoms with Crippen LogP contribution in [0.1, 0.15) is 31.4 Å². The molecule has 0 bridgehead atoms. The summed E-state index contributed by atoms with van der Waals surface area (Å²) in [6.07, 6.45) is 3.15. The Kier molecular flexibility index (Phi) is 3.18. The van der Waals surface area contributed by atoms with E-state index in [-0.39, 0.29) is 0 Å². The monoisotopic (exact) mass is 339 g/mol. The number of urea groups is 1. The fraction of sp³-hybridized carbons (Fsp3) is 0.389. The van der Waals surface area contributed by atoms with Gasteiger partial charge in [0.2, 0.25) is 0 Å². The molecular formula is C18H17N3O4. The molecule has 7 nitrogen and oxygen atoms in total. The Bertz CT molecular complexity index is 868. The summed E-state index contributed by atoms with van der Waals surface area (Å²) in [4.78, 5) is 27.9. The lowest BCUT2D eigenvalue weighted by molar-refractivity contribution is -0.121. The third-order valence-electron chi connectivity index (χ3n) is 4.83. The molecule has 3 amide bonds. The molecule has 3 aliphatic rings. The van der Waals surface area contributed by atoms with Crippen molar-refractivity contribution in [1.82, 2.24) is 4.90 Å². The van der Waals surface area contributed by atoms with Gasteiger partial charge < -0.3 is 14.7 Å². The largest absolute Gasteiger partial charge is 0.482 e. The fourth-order valence-electron chi connectivity index (χ4n) is 3.59. The molecular weight excluding hydrogens is 322 g/mol. The van der Waals surface area contributed by atoms with Gasteiger partial charge in [-0.3, -0.25) is 4.79 Å². The molecule has 2 saturated heterocycles. The lowest BCUT2D eigenvalue weighted by Gasteiger charge is -2.30. The van der Waals surface area contributed by atoms with Gasteiger partial charge in [0.1, 0.15) is 23.5 Å². The number of aliphatic hydroxyl groups is 1. The average molecular weight is 339 g/mol. The van der Waals surface area contributed by atoms with Gasteiger partial charge in [-0.05, 0) is 44.6 Å². The van der Waals surface area contributed by atoms with E-state index in [1.165, 1.54) is 4.90 Å². The van der Waals surface area contributed by atoms with Crippen molar-refractivity contribution in [2.75, 3.05) is 11.4 Å². The van der Waals surface area contributed by atoms with Gasteiger partial charge in [-0.2, -0.15) is 5.26 Å². The number of rotatable bonds is 1. The van der Waals surface area contributed by atoms with E-state index in [1.807, 2.05) is 19.9 Å². The van der Waals surface area contributed by atoms with Crippen molar-refractivity contribution in [3.63, 3.8) is 0 Å². The van der Waals surface area contributed by atoms with Crippen molar-refractivity contribution in [3.05, 3.63) is 29.3 Å². The maximum absolute atomic E-state index is 12.7. The predicted molar refractivity (Wildman–Crippen MR) is 88.9 cm³/mol. The number of nitriles is 1. The number of amides is 3. The molecule has 3 heterocycles. The smallest absolute Gasteiger partial charge is 0.332 e. The van der Waals surface area contributed by atoms with Crippen LogP contribution in [0.4, 0.5) is 10.5 Å². The second kappa shape index (κ2) is 5.07. The number of fused-ring (bicyclic) bond motifs is 2. The zero-order valence-corrected chi connectivity index (χ0v) is 13.9. The van der Waals surface area contributed by atoms with Crippen molar-refractivity contribution >= 4 is 23.7 Å². The maximum atomic E-state index is 12.7. The third-order valence-corrected chi connectivity index (χ3v) is 4.83. The zero-order valence-electron chi connectivity index (χ0n) is 13.9. The summed E-state index contributed by atoms with van der Waals surface area (Å²) in [5.74, 6) is -0.0825. The van der Waals surface area contributed by atoms with Gasteiger partial charge in [-0.25, -0.2) is 9.69 Å². The van der Waals surface area contributed by atoms with Crippen molar-refractivity contribution in [2.45, 2.75) is 38.0 Å². The molecule has 0 saturated carbocycles. The first kappa shape index (κ1) is 15.7. The van der Waals surface area contributed by atoms with Gasteiger partial charge in [0.15, 0.2) is 0 Å². The normalized spacial score (nSPS) is 26.3. The second-order valence-corrected chi connectivity index (χ2v) is 6.98. The molecule has 0 aromatic heterocycles. The summed E-state index contributed by atoms with van der Waals surface area (Å²) in [6.45, 7) is 4.07. The van der Waals surface area contributed by atoms with Gasteiger partial charge in [0, 0.05) is 12.1 Å². The molecule has 0 spiro atoms. The summed E-state index contributed by atoms with van der Waals surface area (Å²) in [6, 6.07) is 3.93. The van der Waals surface area contributed by atoms with Crippen molar-refractivity contribution in [1.29, 1.82) is 5.26 Å². The molecule has 128 valence electrons. The molecule has 2 fully saturated rings. The third kappa shape index (κ3) is 2.14. The highest BCUT2D eigenvalue weighted by molar-refractivity contribution is 6.22. The standard InChI is InChI=1S/C18H17N3O4/c1-18(2)7-5-11-12(4-3-10(9-19)15(11)25-18)21-16(23)14-13(22)6-8-20(14)17(21)24/h3-5,7,13-14,22H,6,8H2,1-2H3/t13?,14-/m0/s1. The number of nitrogens with zero attached hydrogens (tertiary/aromatic N) is 3. The number of benzene rings is 1. The Hall–Kier alpha value is -2.85. The summed E-state index contributed by atoms with van der Waals surface area (Å²) < 4.78 is 5.91. The van der Waals surface area contributed by atoms with E-state index < -0.39 is 29.7 Å². The molecule has 1 N–H and O–H groups in total. The minimum atomic E-state index is -0.846. The first-order valence-electron chi connectivity index (χ1n) is 8.12. The maximum Gasteiger partial charge on any atom is 0.332 e. The van der Waals surface area contributed by atoms with Crippen LogP contribution in [0.2, 0.25) is 0 Å². The van der Waals surface area contributed by atoms with Crippen LogP contribution in [0.25, 0.3) is 6.08 Å². The number of imide groups is 1. The lowest BCUT2D eigenvalue weighted by atomic mass is 9.98. The van der Waals surface area contributed by atoms with E-state index in [9.17, 15) is 20.0 Å². The fourth-order valence-corrected chi connectivity index (χ4v) is 3.59. The number of hydrogen-bond donors (Lipinski definition) is 1. The van der Waals surface area contributed by atoms with Gasteiger partial charge in [-0.15, -0.1) is 0 Å². The first-order chi connectivity index (χ1) is 11.8. The topological polar surface area (TPSA) is 93.9 Å². The van der Waals surface area contributed by atoms with Crippen molar-refractivity contribution < 1.29 is 19.4 Å². The molecule has 2 atom stereocenters. The highest BCUT2D eigenvalue weighted by atomic mass is 16.5. The Morgan fingerprint density at radius 3 is 2.80 bits per heavy atom. The summed E-state index contributed by atoms with van der Waals surface area (Å²) in [7, 11) is 0. The molecule has 1 aromatic rings. The van der Waals surface area contributed by atoms with E-state index in [1.54, 1.807) is 18.2 Å². The summed E-state index contributed by atoms with van der Waals surface area (Å²) >= 11 is 0. The van der Waals surface area contributed by atoms with Crippen LogP contribution in [-0.4, -0.2) is 46.2 Å². The average Bonchev–Trinajstić information content (AvgIpc) is 3.06. The molecule has 0 radical (unpaired) electrons. The van der Waals surface area contributed by atoms with Crippen molar-refractivity contribution in [2.24, 2.45) is 0 Å². The quantitative estimate of drug-likeness (QED) is 0.785. The molecule has 7 heteroatoms. The summed E-state index contributed by atoms with van der Waals surface area (Å²) in [5, 5.41) is 19.4. The van der Waals surface area contributed by atoms with Crippen LogP contribution in [-0.2, 0) is 4.79 Å². The van der Waals surface area contributed by atoms with Gasteiger partial charge in [0.05, 0.1) is 17.4 Å². The Morgan fingerprint density at radius 2 is 2.12 bits per heavy atom. The van der Waals surface area contributed by atoms with Crippen LogP contribution in [0, 0.1) is 11.3 Å². The van der Waals surface area contributed by atoms with Crippen molar-refractivity contribution in [3.8, 4) is 11.8 Å². The van der Waals surface area contributed by atoms with Gasteiger partial charge >= 0.3 is 6.03 Å². The Labute approximate surface area is 144 Å². The predicted octanol–water partition coefficient (Wildman–Crippen LogP) is 1.64. The van der Waals surface area contributed by atoms with E-state index in [0.29, 0.717) is 35.5 Å². The minimum absolute atomic E-state index is 0.343. The molecule has 3 aliphatic heterocycles. The lowest BCUT2D eigenvalue weighted by Crippen LogP contribution is -2.37. The molecule has 0 aliphatic carbocycles. The number of carbonyl (C=O) groups is 2. The van der Waals surface area contributed by atoms with E-state index >= 15 is 0 Å². The van der Waals surface area contributed by atoms with Crippen LogP contribution >= 0.6 is 0 Å². The van der Waals surface area contributed by atoms with Crippen LogP contribution < -0.4 is 9.64 Å². The SMILES string of the molecule is CC1(C)C=Cc2c(N3C(=O)[C@@H]4C(O)CCN4C3=O)ccc(C#N)c2O1. The number of aliphatic hydroxyl groups excluding tert-OH is 1. The molecule has 25 heavy (non-hydrogen) atoms. The zero-order chi connectivity index (χ0) is 17.9. The highest BCUT2D eigenvalue weighted by Gasteiger charge is 2.53. The first-order valence-corrected chi connectivity index (χ1v) is 8.12. The molecule has 1 aromatic carbocycles. The van der Waals surface area contributed by atoms with Gasteiger partial charge in [0.25, 0.3) is 5.91 Å². The van der Waals surface area contributed by atoms with Crippen LogP contribution in [0.15, 0.2) is 18.2 Å². The highest BCUT2D eigenvalue weighted by Crippen LogP contribution is 2.42. The second-order valence-electron chi connectivity index (χ2n) is 6.98. The van der Waals surface area contributed by atoms with Gasteiger partial charge in [-0.1, -0.05) is 0 Å². The number of carbonyl (C=O) groups excluding carboxylic acids is 2. The number of hydrogen-bond acceptors (Lipinski definition) is 5. The Morgan fingerprint density at radius 1 is 1.36 bits per heavy atom. The summed E-state index contributed by atoms with van der Waals surface area (Å²) in [5.41, 5.74) is 0.649. The molecule has 4 rings (SSSR count). The minimum Gasteiger partial charge on any atom is -0.482 e.